The van der Waals surface area contributed by atoms with Crippen molar-refractivity contribution in [3.63, 3.8) is 0 Å². The molecular weight excluding hydrogens is 640 g/mol. The Bertz CT molecular complexity index is 1880. The number of rotatable bonds is 12. The molecule has 0 aliphatic heterocycles. The summed E-state index contributed by atoms with van der Waals surface area (Å²) in [6.07, 6.45) is 2.16. The summed E-state index contributed by atoms with van der Waals surface area (Å²) in [6, 6.07) is 28.5. The Kier molecular flexibility index (Phi) is 11.1. The largest absolute Gasteiger partial charge is 0.494 e. The lowest BCUT2D eigenvalue weighted by Crippen LogP contribution is -2.30. The second-order valence-electron chi connectivity index (χ2n) is 10.00. The number of nitrogens with zero attached hydrogens (tertiary/aromatic N) is 1. The van der Waals surface area contributed by atoms with E-state index in [1.165, 1.54) is 23.1 Å². The van der Waals surface area contributed by atoms with Gasteiger partial charge >= 0.3 is 0 Å². The van der Waals surface area contributed by atoms with Crippen LogP contribution in [0.5, 0.6) is 5.75 Å². The van der Waals surface area contributed by atoms with Gasteiger partial charge in [0.05, 0.1) is 22.1 Å². The Hall–Kier alpha value is -4.64. The molecule has 3 N–H and O–H groups in total. The van der Waals surface area contributed by atoms with Crippen LogP contribution < -0.4 is 20.7 Å². The van der Waals surface area contributed by atoms with Crippen molar-refractivity contribution in [1.82, 2.24) is 10.3 Å². The standard InChI is InChI=1S/C35H31ClN4O4S2/c1-3-30(34(43)40-35-39-28-18-17-26(44-4-2)21-31(28)46-35)45-27-12-8-11-25(20-27)37-33(42)29(19-22-13-15-24(36)16-14-22)38-32(41)23-9-6-5-7-10-23/h5-21,30H,3-4H2,1-2H3,(H,37,42)(H,38,41)(H,39,40,43)/b29-19-. The summed E-state index contributed by atoms with van der Waals surface area (Å²) < 4.78 is 6.50. The lowest BCUT2D eigenvalue weighted by atomic mass is 10.1. The molecule has 1 aromatic heterocycles. The number of hydrogen-bond donors (Lipinski definition) is 3. The number of benzene rings is 4. The number of thiazole rings is 1. The molecule has 4 aromatic carbocycles. The van der Waals surface area contributed by atoms with E-state index in [0.29, 0.717) is 40.0 Å². The second-order valence-corrected chi connectivity index (χ2v) is 12.7. The molecule has 1 atom stereocenters. The van der Waals surface area contributed by atoms with E-state index < -0.39 is 17.1 Å². The fraction of sp³-hybridized carbons (Fsp3) is 0.143. The van der Waals surface area contributed by atoms with Crippen molar-refractivity contribution in [2.45, 2.75) is 30.4 Å². The van der Waals surface area contributed by atoms with E-state index in [1.54, 1.807) is 72.8 Å². The predicted octanol–water partition coefficient (Wildman–Crippen LogP) is 8.27. The Balaban J connectivity index is 1.28. The summed E-state index contributed by atoms with van der Waals surface area (Å²) in [5.41, 5.74) is 2.46. The first kappa shape index (κ1) is 32.7. The van der Waals surface area contributed by atoms with Gasteiger partial charge in [0.2, 0.25) is 5.91 Å². The van der Waals surface area contributed by atoms with Gasteiger partial charge < -0.3 is 20.7 Å². The zero-order valence-electron chi connectivity index (χ0n) is 25.1. The average molecular weight is 671 g/mol. The van der Waals surface area contributed by atoms with E-state index in [1.807, 2.05) is 44.2 Å². The van der Waals surface area contributed by atoms with Crippen molar-refractivity contribution in [1.29, 1.82) is 0 Å². The summed E-state index contributed by atoms with van der Waals surface area (Å²) in [7, 11) is 0. The van der Waals surface area contributed by atoms with Gasteiger partial charge in [-0.1, -0.05) is 66.3 Å². The van der Waals surface area contributed by atoms with E-state index in [0.717, 1.165) is 20.9 Å². The van der Waals surface area contributed by atoms with E-state index in [2.05, 4.69) is 20.9 Å². The first-order chi connectivity index (χ1) is 22.3. The van der Waals surface area contributed by atoms with Crippen LogP contribution in [0.25, 0.3) is 16.3 Å². The number of aromatic nitrogens is 1. The lowest BCUT2D eigenvalue weighted by molar-refractivity contribution is -0.116. The van der Waals surface area contributed by atoms with Crippen LogP contribution in [0.2, 0.25) is 5.02 Å². The Morgan fingerprint density at radius 3 is 2.46 bits per heavy atom. The quantitative estimate of drug-likeness (QED) is 0.0911. The van der Waals surface area contributed by atoms with Crippen LogP contribution in [-0.4, -0.2) is 34.6 Å². The highest BCUT2D eigenvalue weighted by molar-refractivity contribution is 8.00. The van der Waals surface area contributed by atoms with Gasteiger partial charge in [0.15, 0.2) is 5.13 Å². The molecule has 234 valence electrons. The minimum Gasteiger partial charge on any atom is -0.494 e. The van der Waals surface area contributed by atoms with Crippen LogP contribution in [0.15, 0.2) is 108 Å². The lowest BCUT2D eigenvalue weighted by Gasteiger charge is -2.15. The molecule has 3 amide bonds. The molecule has 0 saturated heterocycles. The number of anilines is 2. The third-order valence-corrected chi connectivity index (χ3v) is 9.19. The molecule has 5 rings (SSSR count). The normalized spacial score (nSPS) is 11.9. The van der Waals surface area contributed by atoms with Crippen LogP contribution in [0.3, 0.4) is 0 Å². The molecule has 46 heavy (non-hydrogen) atoms. The van der Waals surface area contributed by atoms with Gasteiger partial charge in [-0.2, -0.15) is 0 Å². The Morgan fingerprint density at radius 1 is 0.935 bits per heavy atom. The maximum atomic E-state index is 13.5. The first-order valence-electron chi connectivity index (χ1n) is 14.6. The highest BCUT2D eigenvalue weighted by atomic mass is 35.5. The van der Waals surface area contributed by atoms with Gasteiger partial charge in [-0.3, -0.25) is 14.4 Å². The molecule has 1 heterocycles. The molecule has 0 aliphatic carbocycles. The van der Waals surface area contributed by atoms with Gasteiger partial charge in [0.1, 0.15) is 11.4 Å². The molecule has 0 saturated carbocycles. The topological polar surface area (TPSA) is 109 Å². The molecule has 0 fully saturated rings. The fourth-order valence-corrected chi connectivity index (χ4v) is 6.44. The van der Waals surface area contributed by atoms with Crippen LogP contribution in [0.1, 0.15) is 36.2 Å². The monoisotopic (exact) mass is 670 g/mol. The van der Waals surface area contributed by atoms with Crippen molar-refractivity contribution in [3.8, 4) is 5.75 Å². The summed E-state index contributed by atoms with van der Waals surface area (Å²) in [5.74, 6) is -0.325. The Labute approximate surface area is 280 Å². The minimum atomic E-state index is -0.505. The number of amides is 3. The van der Waals surface area contributed by atoms with Gasteiger partial charge in [-0.05, 0) is 85.6 Å². The Morgan fingerprint density at radius 2 is 1.72 bits per heavy atom. The first-order valence-corrected chi connectivity index (χ1v) is 16.6. The highest BCUT2D eigenvalue weighted by Gasteiger charge is 2.21. The fourth-order valence-electron chi connectivity index (χ4n) is 4.40. The minimum absolute atomic E-state index is 0.0595. The number of nitrogens with one attached hydrogen (secondary N) is 3. The molecule has 0 aliphatic rings. The van der Waals surface area contributed by atoms with E-state index in [-0.39, 0.29) is 11.6 Å². The molecule has 11 heteroatoms. The number of thioether (sulfide) groups is 1. The van der Waals surface area contributed by atoms with E-state index in [4.69, 9.17) is 16.3 Å². The highest BCUT2D eigenvalue weighted by Crippen LogP contribution is 2.32. The summed E-state index contributed by atoms with van der Waals surface area (Å²) in [6.45, 7) is 4.44. The molecule has 0 bridgehead atoms. The van der Waals surface area contributed by atoms with Crippen LogP contribution in [0.4, 0.5) is 10.8 Å². The van der Waals surface area contributed by atoms with Crippen LogP contribution >= 0.6 is 34.7 Å². The second kappa shape index (κ2) is 15.6. The van der Waals surface area contributed by atoms with Gasteiger partial charge in [-0.25, -0.2) is 4.98 Å². The maximum absolute atomic E-state index is 13.5. The van der Waals surface area contributed by atoms with E-state index >= 15 is 0 Å². The number of fused-ring (bicyclic) bond motifs is 1. The van der Waals surface area contributed by atoms with Crippen LogP contribution in [0, 0.1) is 0 Å². The third-order valence-electron chi connectivity index (χ3n) is 6.64. The molecule has 8 nitrogen and oxygen atoms in total. The number of carbonyl (C=O) groups excluding carboxylic acids is 3. The third kappa shape index (κ3) is 8.75. The number of hydrogen-bond acceptors (Lipinski definition) is 7. The molecule has 1 unspecified atom stereocenters. The van der Waals surface area contributed by atoms with Gasteiger partial charge in [0, 0.05) is 21.2 Å². The van der Waals surface area contributed by atoms with E-state index in [9.17, 15) is 14.4 Å². The predicted molar refractivity (Wildman–Crippen MR) is 188 cm³/mol. The summed E-state index contributed by atoms with van der Waals surface area (Å²) in [4.78, 5) is 45.0. The van der Waals surface area contributed by atoms with Crippen molar-refractivity contribution >= 4 is 79.5 Å². The van der Waals surface area contributed by atoms with Crippen LogP contribution in [-0.2, 0) is 9.59 Å². The smallest absolute Gasteiger partial charge is 0.272 e. The SMILES string of the molecule is CCOc1ccc2nc(NC(=O)C(CC)Sc3cccc(NC(=O)/C(=C/c4ccc(Cl)cc4)NC(=O)c4ccccc4)c3)sc2c1. The molecule has 0 spiro atoms. The molecule has 0 radical (unpaired) electrons. The van der Waals surface area contributed by atoms with Crippen molar-refractivity contribution in [3.05, 3.63) is 119 Å². The molecular formula is C35H31ClN4O4S2. The number of halogens is 1. The number of carbonyl (C=O) groups is 3. The molecule has 5 aromatic rings. The zero-order chi connectivity index (χ0) is 32.5. The van der Waals surface area contributed by atoms with Gasteiger partial charge in [0.25, 0.3) is 11.8 Å². The summed E-state index contributed by atoms with van der Waals surface area (Å²) in [5, 5.41) is 9.25. The van der Waals surface area contributed by atoms with Gasteiger partial charge in [-0.15, -0.1) is 11.8 Å². The maximum Gasteiger partial charge on any atom is 0.272 e. The summed E-state index contributed by atoms with van der Waals surface area (Å²) >= 11 is 8.82. The van der Waals surface area contributed by atoms with Crippen molar-refractivity contribution in [2.75, 3.05) is 17.2 Å². The average Bonchev–Trinajstić information content (AvgIpc) is 3.46. The number of ether oxygens (including phenoxy) is 1. The van der Waals surface area contributed by atoms with Crippen molar-refractivity contribution in [2.24, 2.45) is 0 Å². The zero-order valence-corrected chi connectivity index (χ0v) is 27.5. The van der Waals surface area contributed by atoms with Crippen molar-refractivity contribution < 1.29 is 19.1 Å².